The molecule has 0 aromatic heterocycles. The highest BCUT2D eigenvalue weighted by Gasteiger charge is 2.48. The van der Waals surface area contributed by atoms with Crippen LogP contribution in [-0.4, -0.2) is 0 Å². The Morgan fingerprint density at radius 2 is 2.23 bits per heavy atom. The van der Waals surface area contributed by atoms with E-state index in [1.54, 1.807) is 0 Å². The van der Waals surface area contributed by atoms with Gasteiger partial charge in [0.2, 0.25) is 0 Å². The number of fused-ring (bicyclic) bond motifs is 2. The minimum Gasteiger partial charge on any atom is -0.198 e. The van der Waals surface area contributed by atoms with Gasteiger partial charge >= 0.3 is 0 Å². The first kappa shape index (κ1) is 8.32. The highest BCUT2D eigenvalue weighted by atomic mass is 14.5. The highest BCUT2D eigenvalue weighted by Crippen LogP contribution is 2.53. The molecular formula is C11H12N2. The molecule has 13 heavy (non-hydrogen) atoms. The summed E-state index contributed by atoms with van der Waals surface area (Å²) >= 11 is 0. The molecule has 2 aliphatic carbocycles. The third kappa shape index (κ3) is 1.14. The zero-order valence-electron chi connectivity index (χ0n) is 7.53. The van der Waals surface area contributed by atoms with Crippen molar-refractivity contribution >= 4 is 0 Å². The van der Waals surface area contributed by atoms with Crippen molar-refractivity contribution in [2.24, 2.45) is 17.3 Å². The maximum atomic E-state index is 9.17. The Morgan fingerprint density at radius 3 is 2.69 bits per heavy atom. The molecular weight excluding hydrogens is 160 g/mol. The first-order valence-corrected chi connectivity index (χ1v) is 4.77. The summed E-state index contributed by atoms with van der Waals surface area (Å²) in [6.07, 6.45) is 7.79. The molecule has 2 bridgehead atoms. The van der Waals surface area contributed by atoms with E-state index in [2.05, 4.69) is 24.3 Å². The Labute approximate surface area is 78.5 Å². The summed E-state index contributed by atoms with van der Waals surface area (Å²) in [6.45, 7) is 0. The summed E-state index contributed by atoms with van der Waals surface area (Å²) in [5, 5.41) is 17.7. The van der Waals surface area contributed by atoms with E-state index in [0.717, 1.165) is 19.3 Å². The van der Waals surface area contributed by atoms with E-state index in [4.69, 9.17) is 5.26 Å². The molecule has 0 heterocycles. The lowest BCUT2D eigenvalue weighted by Gasteiger charge is -2.26. The Kier molecular flexibility index (Phi) is 1.85. The average molecular weight is 172 g/mol. The molecule has 0 spiro atoms. The number of hydrogen-bond donors (Lipinski definition) is 0. The molecule has 1 saturated carbocycles. The van der Waals surface area contributed by atoms with Crippen molar-refractivity contribution in [1.82, 2.24) is 0 Å². The third-order valence-corrected chi connectivity index (χ3v) is 3.41. The summed E-state index contributed by atoms with van der Waals surface area (Å²) in [4.78, 5) is 0. The van der Waals surface area contributed by atoms with E-state index < -0.39 is 0 Å². The number of nitriles is 2. The largest absolute Gasteiger partial charge is 0.198 e. The minimum atomic E-state index is -0.199. The van der Waals surface area contributed by atoms with Crippen LogP contribution < -0.4 is 0 Å². The van der Waals surface area contributed by atoms with Crippen LogP contribution in [0.2, 0.25) is 0 Å². The Balaban J connectivity index is 2.15. The van der Waals surface area contributed by atoms with E-state index in [1.807, 2.05) is 0 Å². The van der Waals surface area contributed by atoms with E-state index in [9.17, 15) is 5.26 Å². The minimum absolute atomic E-state index is 0.199. The van der Waals surface area contributed by atoms with Gasteiger partial charge in [0.25, 0.3) is 0 Å². The molecule has 0 radical (unpaired) electrons. The van der Waals surface area contributed by atoms with Gasteiger partial charge in [0, 0.05) is 6.42 Å². The van der Waals surface area contributed by atoms with Gasteiger partial charge in [-0.05, 0) is 31.1 Å². The van der Waals surface area contributed by atoms with Crippen LogP contribution in [0.5, 0.6) is 0 Å². The van der Waals surface area contributed by atoms with Gasteiger partial charge in [0.15, 0.2) is 0 Å². The van der Waals surface area contributed by atoms with Gasteiger partial charge in [-0.2, -0.15) is 10.5 Å². The van der Waals surface area contributed by atoms with Crippen molar-refractivity contribution in [2.75, 3.05) is 0 Å². The maximum Gasteiger partial charge on any atom is 0.0696 e. The van der Waals surface area contributed by atoms with Gasteiger partial charge in [-0.3, -0.25) is 0 Å². The number of rotatable bonds is 2. The van der Waals surface area contributed by atoms with Crippen LogP contribution in [-0.2, 0) is 0 Å². The number of hydrogen-bond acceptors (Lipinski definition) is 2. The Bertz CT molecular complexity index is 318. The van der Waals surface area contributed by atoms with Gasteiger partial charge in [-0.1, -0.05) is 12.2 Å². The van der Waals surface area contributed by atoms with Gasteiger partial charge in [0.05, 0.1) is 17.6 Å². The lowest BCUT2D eigenvalue weighted by molar-refractivity contribution is 0.305. The van der Waals surface area contributed by atoms with Crippen LogP contribution in [0.25, 0.3) is 0 Å². The molecule has 1 fully saturated rings. The smallest absolute Gasteiger partial charge is 0.0696 e. The molecule has 2 aliphatic rings. The van der Waals surface area contributed by atoms with Gasteiger partial charge in [0.1, 0.15) is 0 Å². The fraction of sp³-hybridized carbons (Fsp3) is 0.636. The lowest BCUT2D eigenvalue weighted by Crippen LogP contribution is -2.23. The van der Waals surface area contributed by atoms with Crippen LogP contribution in [0.15, 0.2) is 12.2 Å². The molecule has 66 valence electrons. The predicted molar refractivity (Wildman–Crippen MR) is 48.2 cm³/mol. The molecule has 0 unspecified atom stereocenters. The molecule has 3 atom stereocenters. The topological polar surface area (TPSA) is 47.6 Å². The molecule has 2 heteroatoms. The van der Waals surface area contributed by atoms with Crippen LogP contribution in [0.3, 0.4) is 0 Å². The number of allylic oxidation sites excluding steroid dienone is 2. The van der Waals surface area contributed by atoms with Gasteiger partial charge < -0.3 is 0 Å². The van der Waals surface area contributed by atoms with E-state index >= 15 is 0 Å². The third-order valence-electron chi connectivity index (χ3n) is 3.41. The summed E-state index contributed by atoms with van der Waals surface area (Å²) in [6, 6.07) is 4.58. The van der Waals surface area contributed by atoms with Crippen molar-refractivity contribution in [2.45, 2.75) is 25.7 Å². The molecule has 0 aliphatic heterocycles. The maximum absolute atomic E-state index is 9.17. The Morgan fingerprint density at radius 1 is 1.38 bits per heavy atom. The second-order valence-electron chi connectivity index (χ2n) is 4.12. The normalized spacial score (nSPS) is 40.2. The lowest BCUT2D eigenvalue weighted by atomic mass is 9.74. The van der Waals surface area contributed by atoms with Crippen molar-refractivity contribution in [1.29, 1.82) is 10.5 Å². The zero-order chi connectivity index (χ0) is 9.31. The molecule has 0 amide bonds. The Hall–Kier alpha value is -1.28. The number of nitrogens with zero attached hydrogens (tertiary/aromatic N) is 2. The first-order chi connectivity index (χ1) is 6.30. The van der Waals surface area contributed by atoms with Crippen molar-refractivity contribution in [3.8, 4) is 12.1 Å². The van der Waals surface area contributed by atoms with Crippen LogP contribution in [0, 0.1) is 39.9 Å². The SMILES string of the molecule is N#CCC[C@]1(C#N)C[C@@H]2C=C[C@H]1C2. The van der Waals surface area contributed by atoms with Crippen molar-refractivity contribution < 1.29 is 0 Å². The van der Waals surface area contributed by atoms with Gasteiger partial charge in [-0.15, -0.1) is 0 Å². The molecule has 0 saturated heterocycles. The fourth-order valence-corrected chi connectivity index (χ4v) is 2.71. The summed E-state index contributed by atoms with van der Waals surface area (Å²) < 4.78 is 0. The monoisotopic (exact) mass is 172 g/mol. The van der Waals surface area contributed by atoms with E-state index in [0.29, 0.717) is 18.3 Å². The van der Waals surface area contributed by atoms with Crippen LogP contribution in [0.1, 0.15) is 25.7 Å². The molecule has 2 rings (SSSR count). The standard InChI is InChI=1S/C11H12N2/c12-5-1-4-11(8-13)7-9-2-3-10(11)6-9/h2-3,9-10H,1,4,6-7H2/t9-,10+,11-/m1/s1. The molecule has 0 aromatic rings. The fourth-order valence-electron chi connectivity index (χ4n) is 2.71. The molecule has 2 nitrogen and oxygen atoms in total. The van der Waals surface area contributed by atoms with E-state index in [1.165, 1.54) is 0 Å². The molecule has 0 N–H and O–H groups in total. The van der Waals surface area contributed by atoms with Crippen LogP contribution in [0.4, 0.5) is 0 Å². The summed E-state index contributed by atoms with van der Waals surface area (Å²) in [7, 11) is 0. The zero-order valence-corrected chi connectivity index (χ0v) is 7.53. The first-order valence-electron chi connectivity index (χ1n) is 4.77. The van der Waals surface area contributed by atoms with Crippen molar-refractivity contribution in [3.05, 3.63) is 12.2 Å². The second kappa shape index (κ2) is 2.89. The average Bonchev–Trinajstić information content (AvgIpc) is 2.74. The van der Waals surface area contributed by atoms with Gasteiger partial charge in [-0.25, -0.2) is 0 Å². The van der Waals surface area contributed by atoms with Crippen molar-refractivity contribution in [3.63, 3.8) is 0 Å². The summed E-state index contributed by atoms with van der Waals surface area (Å²) in [5.41, 5.74) is -0.199. The quantitative estimate of drug-likeness (QED) is 0.600. The van der Waals surface area contributed by atoms with E-state index in [-0.39, 0.29) is 5.41 Å². The predicted octanol–water partition coefficient (Wildman–Crippen LogP) is 2.40. The summed E-state index contributed by atoms with van der Waals surface area (Å²) in [5.74, 6) is 1.04. The second-order valence-corrected chi connectivity index (χ2v) is 4.12. The highest BCUT2D eigenvalue weighted by molar-refractivity contribution is 5.22. The van der Waals surface area contributed by atoms with Crippen LogP contribution >= 0.6 is 0 Å². The molecule has 0 aromatic carbocycles.